The molecule has 0 heterocycles. The van der Waals surface area contributed by atoms with Crippen molar-refractivity contribution in [3.8, 4) is 0 Å². The number of hydrogen-bond donors (Lipinski definition) is 2. The Labute approximate surface area is 154 Å². The van der Waals surface area contributed by atoms with E-state index in [0.29, 0.717) is 17.9 Å². The van der Waals surface area contributed by atoms with E-state index in [2.05, 4.69) is 10.6 Å². The van der Waals surface area contributed by atoms with E-state index in [1.54, 1.807) is 12.1 Å². The van der Waals surface area contributed by atoms with E-state index in [1.165, 1.54) is 24.3 Å². The van der Waals surface area contributed by atoms with Gasteiger partial charge < -0.3 is 15.4 Å². The van der Waals surface area contributed by atoms with Gasteiger partial charge in [-0.25, -0.2) is 4.79 Å². The first-order valence-electron chi connectivity index (χ1n) is 8.27. The van der Waals surface area contributed by atoms with Crippen LogP contribution in [0.15, 0.2) is 48.5 Å². The smallest absolute Gasteiger partial charge is 0.416 e. The molecule has 0 bridgehead atoms. The van der Waals surface area contributed by atoms with Crippen molar-refractivity contribution in [3.63, 3.8) is 0 Å². The molecule has 1 amide bonds. The lowest BCUT2D eigenvalue weighted by atomic mass is 10.2. The van der Waals surface area contributed by atoms with Gasteiger partial charge in [0.1, 0.15) is 0 Å². The van der Waals surface area contributed by atoms with E-state index in [0.717, 1.165) is 18.6 Å². The number of rotatable bonds is 7. The molecule has 0 fully saturated rings. The summed E-state index contributed by atoms with van der Waals surface area (Å²) in [6, 6.07) is 10.7. The van der Waals surface area contributed by atoms with Crippen LogP contribution in [0.3, 0.4) is 0 Å². The number of ether oxygens (including phenoxy) is 1. The lowest BCUT2D eigenvalue weighted by Crippen LogP contribution is -2.22. The molecule has 2 N–H and O–H groups in total. The fourth-order valence-corrected chi connectivity index (χ4v) is 2.16. The standard InChI is InChI=1S/C19H19F3N2O3/c1-2-10-27-18(26)13-6-8-15(9-7-13)24-17(25)12-23-16-5-3-4-14(11-16)19(20,21)22/h3-9,11,23H,2,10,12H2,1H3,(H,24,25). The highest BCUT2D eigenvalue weighted by Crippen LogP contribution is 2.30. The van der Waals surface area contributed by atoms with Crippen LogP contribution < -0.4 is 10.6 Å². The zero-order valence-corrected chi connectivity index (χ0v) is 14.6. The molecule has 0 saturated carbocycles. The summed E-state index contributed by atoms with van der Waals surface area (Å²) in [4.78, 5) is 23.6. The van der Waals surface area contributed by atoms with Crippen LogP contribution in [-0.4, -0.2) is 25.0 Å². The first-order valence-corrected chi connectivity index (χ1v) is 8.27. The molecule has 0 aliphatic rings. The number of carbonyl (C=O) groups is 2. The number of halogens is 3. The average molecular weight is 380 g/mol. The predicted octanol–water partition coefficient (Wildman–Crippen LogP) is 4.32. The van der Waals surface area contributed by atoms with Crippen LogP contribution in [0, 0.1) is 0 Å². The van der Waals surface area contributed by atoms with Crippen LogP contribution in [0.5, 0.6) is 0 Å². The molecule has 0 aliphatic carbocycles. The Hall–Kier alpha value is -3.03. The van der Waals surface area contributed by atoms with Gasteiger partial charge in [-0.1, -0.05) is 13.0 Å². The Kier molecular flexibility index (Phi) is 6.81. The predicted molar refractivity (Wildman–Crippen MR) is 95.6 cm³/mol. The molecule has 0 unspecified atom stereocenters. The van der Waals surface area contributed by atoms with Crippen LogP contribution >= 0.6 is 0 Å². The maximum Gasteiger partial charge on any atom is 0.416 e. The van der Waals surface area contributed by atoms with Gasteiger partial charge in [0.15, 0.2) is 0 Å². The van der Waals surface area contributed by atoms with E-state index in [4.69, 9.17) is 4.74 Å². The Morgan fingerprint density at radius 3 is 2.37 bits per heavy atom. The molecule has 5 nitrogen and oxygen atoms in total. The molecule has 0 aromatic heterocycles. The molecule has 0 saturated heterocycles. The largest absolute Gasteiger partial charge is 0.462 e. The van der Waals surface area contributed by atoms with Gasteiger partial charge in [-0.2, -0.15) is 13.2 Å². The summed E-state index contributed by atoms with van der Waals surface area (Å²) >= 11 is 0. The molecule has 0 spiro atoms. The minimum atomic E-state index is -4.44. The molecular weight excluding hydrogens is 361 g/mol. The molecule has 0 radical (unpaired) electrons. The molecule has 8 heteroatoms. The van der Waals surface area contributed by atoms with Crippen LogP contribution in [0.4, 0.5) is 24.5 Å². The molecule has 0 atom stereocenters. The van der Waals surface area contributed by atoms with Crippen LogP contribution in [0.25, 0.3) is 0 Å². The van der Waals surface area contributed by atoms with Crippen molar-refractivity contribution in [2.45, 2.75) is 19.5 Å². The number of nitrogens with one attached hydrogen (secondary N) is 2. The zero-order chi connectivity index (χ0) is 19.9. The SMILES string of the molecule is CCCOC(=O)c1ccc(NC(=O)CNc2cccc(C(F)(F)F)c2)cc1. The molecule has 2 rings (SSSR count). The van der Waals surface area contributed by atoms with Crippen molar-refractivity contribution < 1.29 is 27.5 Å². The number of carbonyl (C=O) groups excluding carboxylic acids is 2. The number of esters is 1. The number of benzene rings is 2. The number of hydrogen-bond acceptors (Lipinski definition) is 4. The van der Waals surface area contributed by atoms with Crippen molar-refractivity contribution in [3.05, 3.63) is 59.7 Å². The summed E-state index contributed by atoms with van der Waals surface area (Å²) in [6.07, 6.45) is -3.72. The second-order valence-corrected chi connectivity index (χ2v) is 5.69. The van der Waals surface area contributed by atoms with Gasteiger partial charge in [0.2, 0.25) is 5.91 Å². The fourth-order valence-electron chi connectivity index (χ4n) is 2.16. The van der Waals surface area contributed by atoms with E-state index >= 15 is 0 Å². The topological polar surface area (TPSA) is 67.4 Å². The number of anilines is 2. The lowest BCUT2D eigenvalue weighted by molar-refractivity contribution is -0.137. The van der Waals surface area contributed by atoms with Gasteiger partial charge in [-0.3, -0.25) is 4.79 Å². The Morgan fingerprint density at radius 2 is 1.74 bits per heavy atom. The first kappa shape index (κ1) is 20.3. The summed E-state index contributed by atoms with van der Waals surface area (Å²) in [5, 5.41) is 5.23. The van der Waals surface area contributed by atoms with E-state index in [1.807, 2.05) is 6.92 Å². The molecule has 2 aromatic carbocycles. The van der Waals surface area contributed by atoms with Crippen molar-refractivity contribution >= 4 is 23.3 Å². The lowest BCUT2D eigenvalue weighted by Gasteiger charge is -2.11. The minimum Gasteiger partial charge on any atom is -0.462 e. The summed E-state index contributed by atoms with van der Waals surface area (Å²) in [6.45, 7) is 2.01. The zero-order valence-electron chi connectivity index (χ0n) is 14.6. The average Bonchev–Trinajstić information content (AvgIpc) is 2.64. The van der Waals surface area contributed by atoms with Gasteiger partial charge in [0.25, 0.3) is 0 Å². The van der Waals surface area contributed by atoms with Crippen molar-refractivity contribution in [1.29, 1.82) is 0 Å². The Bertz CT molecular complexity index is 790. The third-order valence-corrected chi connectivity index (χ3v) is 3.48. The second kappa shape index (κ2) is 9.07. The third kappa shape index (κ3) is 6.32. The van der Waals surface area contributed by atoms with Gasteiger partial charge in [0, 0.05) is 11.4 Å². The summed E-state index contributed by atoms with van der Waals surface area (Å²) < 4.78 is 43.0. The van der Waals surface area contributed by atoms with E-state index < -0.39 is 23.6 Å². The van der Waals surface area contributed by atoms with Crippen molar-refractivity contribution in [2.24, 2.45) is 0 Å². The first-order chi connectivity index (χ1) is 12.8. The monoisotopic (exact) mass is 380 g/mol. The van der Waals surface area contributed by atoms with Gasteiger partial charge in [-0.15, -0.1) is 0 Å². The van der Waals surface area contributed by atoms with Crippen molar-refractivity contribution in [2.75, 3.05) is 23.8 Å². The molecule has 0 aliphatic heterocycles. The third-order valence-electron chi connectivity index (χ3n) is 3.48. The Morgan fingerprint density at radius 1 is 1.04 bits per heavy atom. The number of alkyl halides is 3. The Balaban J connectivity index is 1.88. The maximum atomic E-state index is 12.7. The van der Waals surface area contributed by atoms with Crippen molar-refractivity contribution in [1.82, 2.24) is 0 Å². The van der Waals surface area contributed by atoms with Crippen LogP contribution in [0.1, 0.15) is 29.3 Å². The second-order valence-electron chi connectivity index (χ2n) is 5.69. The summed E-state index contributed by atoms with van der Waals surface area (Å²) in [5.41, 5.74) is 0.217. The van der Waals surface area contributed by atoms with Gasteiger partial charge in [0.05, 0.1) is 24.3 Å². The normalized spacial score (nSPS) is 11.0. The maximum absolute atomic E-state index is 12.7. The van der Waals surface area contributed by atoms with Crippen LogP contribution in [0.2, 0.25) is 0 Å². The summed E-state index contributed by atoms with van der Waals surface area (Å²) in [7, 11) is 0. The highest BCUT2D eigenvalue weighted by atomic mass is 19.4. The van der Waals surface area contributed by atoms with Gasteiger partial charge in [-0.05, 0) is 48.9 Å². The molecule has 2 aromatic rings. The molecular formula is C19H19F3N2O3. The minimum absolute atomic E-state index is 0.189. The van der Waals surface area contributed by atoms with Gasteiger partial charge >= 0.3 is 12.1 Å². The molecule has 27 heavy (non-hydrogen) atoms. The molecule has 144 valence electrons. The van der Waals surface area contributed by atoms with Crippen LogP contribution in [-0.2, 0) is 15.7 Å². The summed E-state index contributed by atoms with van der Waals surface area (Å²) in [5.74, 6) is -0.880. The van der Waals surface area contributed by atoms with E-state index in [-0.39, 0.29) is 12.2 Å². The highest BCUT2D eigenvalue weighted by molar-refractivity contribution is 5.95. The number of amides is 1. The quantitative estimate of drug-likeness (QED) is 0.702. The van der Waals surface area contributed by atoms with E-state index in [9.17, 15) is 22.8 Å². The fraction of sp³-hybridized carbons (Fsp3) is 0.263. The highest BCUT2D eigenvalue weighted by Gasteiger charge is 2.30.